The number of hydrogen-bond donors (Lipinski definition) is 1. The van der Waals surface area contributed by atoms with E-state index in [1.807, 2.05) is 31.2 Å². The highest BCUT2D eigenvalue weighted by atomic mass is 79.9. The number of hydrogen-bond acceptors (Lipinski definition) is 1. The lowest BCUT2D eigenvalue weighted by Gasteiger charge is -1.99. The smallest absolute Gasteiger partial charge is 0.123 e. The van der Waals surface area contributed by atoms with Crippen molar-refractivity contribution in [3.8, 4) is 5.75 Å². The molecule has 0 aliphatic carbocycles. The zero-order chi connectivity index (χ0) is 8.97. The summed E-state index contributed by atoms with van der Waals surface area (Å²) in [6, 6.07) is 5.64. The molecular weight excluding hydrogens is 216 g/mol. The number of rotatable bonds is 2. The molecule has 0 saturated carbocycles. The standard InChI is InChI=1S/C10H11BrO/c1-8-4-5-9(3-2-6-11)10(12)7-8/h2-5,7,12H,6H2,1H3. The van der Waals surface area contributed by atoms with Crippen LogP contribution in [0.2, 0.25) is 0 Å². The number of allylic oxidation sites excluding steroid dienone is 1. The zero-order valence-corrected chi connectivity index (χ0v) is 8.51. The van der Waals surface area contributed by atoms with Gasteiger partial charge in [-0.3, -0.25) is 0 Å². The lowest BCUT2D eigenvalue weighted by Crippen LogP contribution is -1.76. The molecule has 1 nitrogen and oxygen atoms in total. The highest BCUT2D eigenvalue weighted by Crippen LogP contribution is 2.19. The van der Waals surface area contributed by atoms with Gasteiger partial charge in [-0.2, -0.15) is 0 Å². The van der Waals surface area contributed by atoms with Gasteiger partial charge in [0.2, 0.25) is 0 Å². The average Bonchev–Trinajstić information content (AvgIpc) is 2.03. The highest BCUT2D eigenvalue weighted by molar-refractivity contribution is 9.09. The Kier molecular flexibility index (Phi) is 3.35. The molecule has 0 heterocycles. The zero-order valence-electron chi connectivity index (χ0n) is 6.92. The number of aryl methyl sites for hydroxylation is 1. The number of phenols is 1. The summed E-state index contributed by atoms with van der Waals surface area (Å²) in [4.78, 5) is 0. The van der Waals surface area contributed by atoms with E-state index in [4.69, 9.17) is 0 Å². The molecule has 0 aliphatic heterocycles. The summed E-state index contributed by atoms with van der Waals surface area (Å²) >= 11 is 3.28. The SMILES string of the molecule is Cc1ccc(C=CCBr)c(O)c1. The molecule has 1 N–H and O–H groups in total. The predicted molar refractivity (Wildman–Crippen MR) is 55.7 cm³/mol. The van der Waals surface area contributed by atoms with Gasteiger partial charge < -0.3 is 5.11 Å². The fourth-order valence-electron chi connectivity index (χ4n) is 0.966. The number of alkyl halides is 1. The summed E-state index contributed by atoms with van der Waals surface area (Å²) in [7, 11) is 0. The van der Waals surface area contributed by atoms with Crippen LogP contribution in [0.15, 0.2) is 24.3 Å². The van der Waals surface area contributed by atoms with Crippen LogP contribution in [-0.4, -0.2) is 10.4 Å². The van der Waals surface area contributed by atoms with Crippen LogP contribution in [0.5, 0.6) is 5.75 Å². The lowest BCUT2D eigenvalue weighted by molar-refractivity contribution is 0.473. The van der Waals surface area contributed by atoms with Crippen LogP contribution in [0.4, 0.5) is 0 Å². The van der Waals surface area contributed by atoms with Crippen LogP contribution < -0.4 is 0 Å². The Bertz CT molecular complexity index is 292. The molecule has 2 heteroatoms. The molecular formula is C10H11BrO. The van der Waals surface area contributed by atoms with E-state index in [0.717, 1.165) is 16.5 Å². The molecule has 0 amide bonds. The summed E-state index contributed by atoms with van der Waals surface area (Å²) in [5.74, 6) is 0.340. The Morgan fingerprint density at radius 1 is 1.50 bits per heavy atom. The minimum atomic E-state index is 0.340. The van der Waals surface area contributed by atoms with Gasteiger partial charge in [-0.1, -0.05) is 40.2 Å². The fourth-order valence-corrected chi connectivity index (χ4v) is 1.15. The third kappa shape index (κ3) is 2.38. The van der Waals surface area contributed by atoms with Crippen LogP contribution >= 0.6 is 15.9 Å². The molecule has 0 atom stereocenters. The van der Waals surface area contributed by atoms with E-state index in [0.29, 0.717) is 5.75 Å². The van der Waals surface area contributed by atoms with Gasteiger partial charge in [-0.05, 0) is 18.6 Å². The number of benzene rings is 1. The predicted octanol–water partition coefficient (Wildman–Crippen LogP) is 3.11. The van der Waals surface area contributed by atoms with Gasteiger partial charge in [0, 0.05) is 10.9 Å². The van der Waals surface area contributed by atoms with Crippen molar-refractivity contribution >= 4 is 22.0 Å². The van der Waals surface area contributed by atoms with Crippen molar-refractivity contribution in [1.82, 2.24) is 0 Å². The first kappa shape index (κ1) is 9.33. The minimum absolute atomic E-state index is 0.340. The summed E-state index contributed by atoms with van der Waals surface area (Å²) in [6.07, 6.45) is 3.84. The molecule has 0 fully saturated rings. The normalized spacial score (nSPS) is 10.8. The third-order valence-electron chi connectivity index (χ3n) is 1.57. The van der Waals surface area contributed by atoms with Crippen molar-refractivity contribution in [1.29, 1.82) is 0 Å². The fraction of sp³-hybridized carbons (Fsp3) is 0.200. The topological polar surface area (TPSA) is 20.2 Å². The van der Waals surface area contributed by atoms with Crippen LogP contribution in [0, 0.1) is 6.92 Å². The van der Waals surface area contributed by atoms with Gasteiger partial charge in [0.05, 0.1) is 0 Å². The molecule has 1 rings (SSSR count). The average molecular weight is 227 g/mol. The van der Waals surface area contributed by atoms with Gasteiger partial charge >= 0.3 is 0 Å². The van der Waals surface area contributed by atoms with E-state index < -0.39 is 0 Å². The maximum Gasteiger partial charge on any atom is 0.123 e. The van der Waals surface area contributed by atoms with E-state index in [1.165, 1.54) is 0 Å². The molecule has 64 valence electrons. The Hall–Kier alpha value is -0.760. The van der Waals surface area contributed by atoms with Crippen molar-refractivity contribution in [2.75, 3.05) is 5.33 Å². The summed E-state index contributed by atoms with van der Waals surface area (Å²) < 4.78 is 0. The molecule has 0 unspecified atom stereocenters. The second kappa shape index (κ2) is 4.31. The van der Waals surface area contributed by atoms with Crippen LogP contribution in [0.3, 0.4) is 0 Å². The first-order valence-corrected chi connectivity index (χ1v) is 4.88. The molecule has 0 saturated heterocycles. The first-order chi connectivity index (χ1) is 5.74. The van der Waals surface area contributed by atoms with Crippen LogP contribution in [-0.2, 0) is 0 Å². The third-order valence-corrected chi connectivity index (χ3v) is 1.95. The van der Waals surface area contributed by atoms with Gasteiger partial charge in [-0.15, -0.1) is 0 Å². The molecule has 0 aliphatic rings. The van der Waals surface area contributed by atoms with Crippen LogP contribution in [0.1, 0.15) is 11.1 Å². The molecule has 1 aromatic rings. The monoisotopic (exact) mass is 226 g/mol. The Morgan fingerprint density at radius 3 is 2.83 bits per heavy atom. The maximum absolute atomic E-state index is 9.45. The van der Waals surface area contributed by atoms with E-state index in [1.54, 1.807) is 6.07 Å². The Labute approximate surface area is 80.9 Å². The van der Waals surface area contributed by atoms with Crippen molar-refractivity contribution in [2.45, 2.75) is 6.92 Å². The second-order valence-corrected chi connectivity index (χ2v) is 3.27. The Morgan fingerprint density at radius 2 is 2.25 bits per heavy atom. The molecule has 0 aromatic heterocycles. The van der Waals surface area contributed by atoms with Gasteiger partial charge in [0.15, 0.2) is 0 Å². The number of phenolic OH excluding ortho intramolecular Hbond substituents is 1. The number of halogens is 1. The second-order valence-electron chi connectivity index (χ2n) is 2.62. The van der Waals surface area contributed by atoms with Gasteiger partial charge in [0.25, 0.3) is 0 Å². The van der Waals surface area contributed by atoms with Crippen LogP contribution in [0.25, 0.3) is 6.08 Å². The molecule has 0 radical (unpaired) electrons. The summed E-state index contributed by atoms with van der Waals surface area (Å²) in [6.45, 7) is 1.96. The number of aromatic hydroxyl groups is 1. The quantitative estimate of drug-likeness (QED) is 0.769. The highest BCUT2D eigenvalue weighted by Gasteiger charge is 1.95. The van der Waals surface area contributed by atoms with Gasteiger partial charge in [0.1, 0.15) is 5.75 Å². The largest absolute Gasteiger partial charge is 0.507 e. The van der Waals surface area contributed by atoms with E-state index in [2.05, 4.69) is 15.9 Å². The van der Waals surface area contributed by atoms with Crippen molar-refractivity contribution in [2.24, 2.45) is 0 Å². The Balaban J connectivity index is 2.94. The summed E-state index contributed by atoms with van der Waals surface area (Å²) in [5, 5.41) is 10.3. The van der Waals surface area contributed by atoms with E-state index >= 15 is 0 Å². The molecule has 12 heavy (non-hydrogen) atoms. The van der Waals surface area contributed by atoms with Crippen molar-refractivity contribution in [3.63, 3.8) is 0 Å². The first-order valence-electron chi connectivity index (χ1n) is 3.76. The lowest BCUT2D eigenvalue weighted by atomic mass is 10.1. The van der Waals surface area contributed by atoms with Crippen molar-refractivity contribution in [3.05, 3.63) is 35.4 Å². The molecule has 0 bridgehead atoms. The summed E-state index contributed by atoms with van der Waals surface area (Å²) in [5.41, 5.74) is 1.93. The van der Waals surface area contributed by atoms with Gasteiger partial charge in [-0.25, -0.2) is 0 Å². The molecule has 0 spiro atoms. The van der Waals surface area contributed by atoms with E-state index in [-0.39, 0.29) is 0 Å². The van der Waals surface area contributed by atoms with Crippen molar-refractivity contribution < 1.29 is 5.11 Å². The van der Waals surface area contributed by atoms with E-state index in [9.17, 15) is 5.11 Å². The minimum Gasteiger partial charge on any atom is -0.507 e. The maximum atomic E-state index is 9.45. The molecule has 1 aromatic carbocycles.